The van der Waals surface area contributed by atoms with Crippen molar-refractivity contribution >= 4 is 17.3 Å². The van der Waals surface area contributed by atoms with Crippen molar-refractivity contribution in [2.45, 2.75) is 25.8 Å². The summed E-state index contributed by atoms with van der Waals surface area (Å²) in [6, 6.07) is 15.1. The number of hydrogen-bond donors (Lipinski definition) is 1. The van der Waals surface area contributed by atoms with Crippen molar-refractivity contribution < 1.29 is 0 Å². The lowest BCUT2D eigenvalue weighted by Gasteiger charge is -2.24. The van der Waals surface area contributed by atoms with Gasteiger partial charge in [-0.15, -0.1) is 0 Å². The number of aryl methyl sites for hydroxylation is 1. The zero-order chi connectivity index (χ0) is 14.7. The van der Waals surface area contributed by atoms with Crippen LogP contribution in [-0.2, 0) is 19.4 Å². The van der Waals surface area contributed by atoms with Crippen LogP contribution in [0.1, 0.15) is 23.1 Å². The highest BCUT2D eigenvalue weighted by Crippen LogP contribution is 2.28. The van der Waals surface area contributed by atoms with Gasteiger partial charge in [0.2, 0.25) is 0 Å². The van der Waals surface area contributed by atoms with Crippen molar-refractivity contribution in [3.05, 3.63) is 64.2 Å². The Hall–Kier alpha value is -1.51. The Balaban J connectivity index is 1.85. The zero-order valence-electron chi connectivity index (χ0n) is 12.2. The second-order valence-corrected chi connectivity index (χ2v) is 6.02. The molecule has 1 aliphatic heterocycles. The fourth-order valence-electron chi connectivity index (χ4n) is 3.01. The van der Waals surface area contributed by atoms with Gasteiger partial charge in [0.15, 0.2) is 0 Å². The molecule has 1 heterocycles. The van der Waals surface area contributed by atoms with E-state index in [1.54, 1.807) is 0 Å². The maximum Gasteiger partial charge on any atom is 0.0459 e. The Morgan fingerprint density at radius 2 is 1.90 bits per heavy atom. The standard InChI is InChI=1S/C18H21ClN2/c19-18-12-17(8-7-15(18)9-10-20)21-11-3-6-14-4-1-2-5-16(14)13-21/h1-2,4-5,7-8,12H,3,6,9-11,13,20H2. The van der Waals surface area contributed by atoms with Gasteiger partial charge in [0, 0.05) is 23.8 Å². The summed E-state index contributed by atoms with van der Waals surface area (Å²) < 4.78 is 0. The van der Waals surface area contributed by atoms with Crippen molar-refractivity contribution in [2.24, 2.45) is 5.73 Å². The summed E-state index contributed by atoms with van der Waals surface area (Å²) in [5.74, 6) is 0. The molecule has 2 aromatic carbocycles. The highest BCUT2D eigenvalue weighted by atomic mass is 35.5. The van der Waals surface area contributed by atoms with Crippen LogP contribution in [0.15, 0.2) is 42.5 Å². The second kappa shape index (κ2) is 6.50. The number of anilines is 1. The molecule has 0 atom stereocenters. The lowest BCUT2D eigenvalue weighted by Crippen LogP contribution is -2.22. The molecule has 2 nitrogen and oxygen atoms in total. The van der Waals surface area contributed by atoms with Gasteiger partial charge in [-0.25, -0.2) is 0 Å². The van der Waals surface area contributed by atoms with E-state index in [0.29, 0.717) is 6.54 Å². The summed E-state index contributed by atoms with van der Waals surface area (Å²) in [5, 5.41) is 0.829. The summed E-state index contributed by atoms with van der Waals surface area (Å²) in [7, 11) is 0. The number of halogens is 1. The molecule has 0 saturated heterocycles. The number of rotatable bonds is 3. The Bertz CT molecular complexity index is 624. The van der Waals surface area contributed by atoms with Crippen LogP contribution in [0.2, 0.25) is 5.02 Å². The highest BCUT2D eigenvalue weighted by molar-refractivity contribution is 6.31. The molecule has 21 heavy (non-hydrogen) atoms. The minimum atomic E-state index is 0.635. The van der Waals surface area contributed by atoms with Gasteiger partial charge in [0.1, 0.15) is 0 Å². The van der Waals surface area contributed by atoms with E-state index >= 15 is 0 Å². The molecule has 0 radical (unpaired) electrons. The Kier molecular flexibility index (Phi) is 4.47. The van der Waals surface area contributed by atoms with E-state index in [-0.39, 0.29) is 0 Å². The van der Waals surface area contributed by atoms with E-state index in [9.17, 15) is 0 Å². The minimum Gasteiger partial charge on any atom is -0.367 e. The van der Waals surface area contributed by atoms with Crippen LogP contribution < -0.4 is 10.6 Å². The van der Waals surface area contributed by atoms with Crippen molar-refractivity contribution in [3.63, 3.8) is 0 Å². The molecular formula is C18H21ClN2. The first kappa shape index (κ1) is 14.4. The first-order chi connectivity index (χ1) is 10.3. The molecule has 0 fully saturated rings. The van der Waals surface area contributed by atoms with E-state index in [0.717, 1.165) is 36.5 Å². The molecule has 1 aliphatic rings. The summed E-state index contributed by atoms with van der Waals surface area (Å²) in [4.78, 5) is 2.42. The number of hydrogen-bond acceptors (Lipinski definition) is 2. The van der Waals surface area contributed by atoms with E-state index in [4.69, 9.17) is 17.3 Å². The smallest absolute Gasteiger partial charge is 0.0459 e. The average molecular weight is 301 g/mol. The quantitative estimate of drug-likeness (QED) is 0.934. The topological polar surface area (TPSA) is 29.3 Å². The molecule has 0 aromatic heterocycles. The number of fused-ring (bicyclic) bond motifs is 1. The molecule has 0 spiro atoms. The van der Waals surface area contributed by atoms with Gasteiger partial charge in [-0.05, 0) is 54.6 Å². The molecule has 0 saturated carbocycles. The molecule has 2 aromatic rings. The van der Waals surface area contributed by atoms with E-state index in [1.165, 1.54) is 23.2 Å². The molecule has 2 N–H and O–H groups in total. The van der Waals surface area contributed by atoms with Crippen molar-refractivity contribution in [1.82, 2.24) is 0 Å². The normalized spacial score (nSPS) is 14.7. The van der Waals surface area contributed by atoms with Crippen LogP contribution in [0.5, 0.6) is 0 Å². The molecule has 0 amide bonds. The molecule has 0 unspecified atom stereocenters. The fraction of sp³-hybridized carbons (Fsp3) is 0.333. The minimum absolute atomic E-state index is 0.635. The summed E-state index contributed by atoms with van der Waals surface area (Å²) >= 11 is 6.39. The van der Waals surface area contributed by atoms with Crippen LogP contribution in [-0.4, -0.2) is 13.1 Å². The number of nitrogens with zero attached hydrogens (tertiary/aromatic N) is 1. The SMILES string of the molecule is NCCc1ccc(N2CCCc3ccccc3C2)cc1Cl. The van der Waals surface area contributed by atoms with Crippen molar-refractivity contribution in [1.29, 1.82) is 0 Å². The van der Waals surface area contributed by atoms with Gasteiger partial charge in [0.25, 0.3) is 0 Å². The van der Waals surface area contributed by atoms with E-state index in [2.05, 4.69) is 47.4 Å². The Morgan fingerprint density at radius 3 is 2.67 bits per heavy atom. The average Bonchev–Trinajstić information content (AvgIpc) is 2.71. The summed E-state index contributed by atoms with van der Waals surface area (Å²) in [6.45, 7) is 2.67. The molecular weight excluding hydrogens is 280 g/mol. The predicted octanol–water partition coefficient (Wildman–Crippen LogP) is 3.79. The molecule has 110 valence electrons. The monoisotopic (exact) mass is 300 g/mol. The lowest BCUT2D eigenvalue weighted by atomic mass is 10.0. The van der Waals surface area contributed by atoms with Gasteiger partial charge in [-0.1, -0.05) is 41.9 Å². The molecule has 3 heteroatoms. The van der Waals surface area contributed by atoms with Gasteiger partial charge in [0.05, 0.1) is 0 Å². The van der Waals surface area contributed by atoms with Crippen LogP contribution in [0.4, 0.5) is 5.69 Å². The zero-order valence-corrected chi connectivity index (χ0v) is 12.9. The predicted molar refractivity (Wildman–Crippen MR) is 90.0 cm³/mol. The third-order valence-corrected chi connectivity index (χ3v) is 4.52. The van der Waals surface area contributed by atoms with Crippen LogP contribution in [0.25, 0.3) is 0 Å². The largest absolute Gasteiger partial charge is 0.367 e. The first-order valence-electron chi connectivity index (χ1n) is 7.58. The second-order valence-electron chi connectivity index (χ2n) is 5.61. The van der Waals surface area contributed by atoms with Crippen molar-refractivity contribution in [3.8, 4) is 0 Å². The van der Waals surface area contributed by atoms with Gasteiger partial charge >= 0.3 is 0 Å². The van der Waals surface area contributed by atoms with Gasteiger partial charge in [-0.2, -0.15) is 0 Å². The van der Waals surface area contributed by atoms with Crippen LogP contribution in [0, 0.1) is 0 Å². The summed E-state index contributed by atoms with van der Waals surface area (Å²) in [5.41, 5.74) is 10.9. The van der Waals surface area contributed by atoms with Crippen LogP contribution >= 0.6 is 11.6 Å². The maximum atomic E-state index is 6.39. The van der Waals surface area contributed by atoms with E-state index in [1.807, 2.05) is 0 Å². The van der Waals surface area contributed by atoms with Gasteiger partial charge < -0.3 is 10.6 Å². The maximum absolute atomic E-state index is 6.39. The van der Waals surface area contributed by atoms with E-state index < -0.39 is 0 Å². The molecule has 0 aliphatic carbocycles. The van der Waals surface area contributed by atoms with Crippen molar-refractivity contribution in [2.75, 3.05) is 18.0 Å². The number of nitrogens with two attached hydrogens (primary N) is 1. The Labute approximate surface area is 131 Å². The first-order valence-corrected chi connectivity index (χ1v) is 7.96. The Morgan fingerprint density at radius 1 is 1.10 bits per heavy atom. The summed E-state index contributed by atoms with van der Waals surface area (Å²) in [6.07, 6.45) is 3.17. The molecule has 0 bridgehead atoms. The third kappa shape index (κ3) is 3.22. The number of benzene rings is 2. The van der Waals surface area contributed by atoms with Gasteiger partial charge in [-0.3, -0.25) is 0 Å². The van der Waals surface area contributed by atoms with Crippen LogP contribution in [0.3, 0.4) is 0 Å². The fourth-order valence-corrected chi connectivity index (χ4v) is 3.28. The lowest BCUT2D eigenvalue weighted by molar-refractivity contribution is 0.765. The molecule has 3 rings (SSSR count). The highest BCUT2D eigenvalue weighted by Gasteiger charge is 2.15. The third-order valence-electron chi connectivity index (χ3n) is 4.17.